The minimum absolute atomic E-state index is 0.276. The third kappa shape index (κ3) is 2.38. The van der Waals surface area contributed by atoms with Gasteiger partial charge in [0.25, 0.3) is 0 Å². The molecular weight excluding hydrogens is 306 g/mol. The molecule has 0 radical (unpaired) electrons. The van der Waals surface area contributed by atoms with E-state index in [0.717, 1.165) is 12.1 Å². The second kappa shape index (κ2) is 5.53. The zero-order valence-electron chi connectivity index (χ0n) is 13.2. The normalized spacial score (nSPS) is 24.7. The summed E-state index contributed by atoms with van der Waals surface area (Å²) >= 11 is 1.87. The number of thiophene rings is 1. The van der Waals surface area contributed by atoms with Gasteiger partial charge in [-0.1, -0.05) is 12.2 Å². The molecule has 0 saturated heterocycles. The van der Waals surface area contributed by atoms with Gasteiger partial charge in [0.2, 0.25) is 0 Å². The van der Waals surface area contributed by atoms with Crippen molar-refractivity contribution in [3.05, 3.63) is 63.4 Å². The van der Waals surface area contributed by atoms with Gasteiger partial charge in [-0.3, -0.25) is 0 Å². The Morgan fingerprint density at radius 3 is 2.91 bits per heavy atom. The number of aryl methyl sites for hydroxylation is 1. The van der Waals surface area contributed by atoms with E-state index >= 15 is 0 Å². The number of anilines is 1. The third-order valence-electron chi connectivity index (χ3n) is 4.85. The number of nitrogens with one attached hydrogen (secondary N) is 1. The summed E-state index contributed by atoms with van der Waals surface area (Å²) in [5.41, 5.74) is 2.95. The SMILES string of the molecule is COC(=O)c1ccc2c(c1)C1C=CCC1C(c1ccc(C)s1)N2. The molecule has 4 rings (SSSR count). The first kappa shape index (κ1) is 14.5. The van der Waals surface area contributed by atoms with Crippen molar-refractivity contribution in [1.82, 2.24) is 0 Å². The highest BCUT2D eigenvalue weighted by atomic mass is 32.1. The van der Waals surface area contributed by atoms with E-state index < -0.39 is 0 Å². The lowest BCUT2D eigenvalue weighted by molar-refractivity contribution is 0.0600. The van der Waals surface area contributed by atoms with Crippen LogP contribution in [0.15, 0.2) is 42.5 Å². The summed E-state index contributed by atoms with van der Waals surface area (Å²) in [5.74, 6) is 0.596. The van der Waals surface area contributed by atoms with E-state index in [0.29, 0.717) is 23.4 Å². The highest BCUT2D eigenvalue weighted by molar-refractivity contribution is 7.12. The number of rotatable bonds is 2. The lowest BCUT2D eigenvalue weighted by atomic mass is 9.78. The van der Waals surface area contributed by atoms with Gasteiger partial charge in [-0.25, -0.2) is 4.79 Å². The van der Waals surface area contributed by atoms with Crippen LogP contribution < -0.4 is 5.32 Å². The average Bonchev–Trinajstić information content (AvgIpc) is 3.22. The van der Waals surface area contributed by atoms with Crippen molar-refractivity contribution < 1.29 is 9.53 Å². The van der Waals surface area contributed by atoms with E-state index in [9.17, 15) is 4.79 Å². The summed E-state index contributed by atoms with van der Waals surface area (Å²) in [4.78, 5) is 14.6. The fourth-order valence-electron chi connectivity index (χ4n) is 3.74. The van der Waals surface area contributed by atoms with Gasteiger partial charge < -0.3 is 10.1 Å². The smallest absolute Gasteiger partial charge is 0.337 e. The largest absolute Gasteiger partial charge is 0.465 e. The van der Waals surface area contributed by atoms with Crippen molar-refractivity contribution in [3.8, 4) is 0 Å². The van der Waals surface area contributed by atoms with Gasteiger partial charge in [-0.2, -0.15) is 0 Å². The lowest BCUT2D eigenvalue weighted by Crippen LogP contribution is -2.28. The molecule has 0 spiro atoms. The zero-order chi connectivity index (χ0) is 16.0. The Morgan fingerprint density at radius 2 is 2.17 bits per heavy atom. The molecule has 3 atom stereocenters. The van der Waals surface area contributed by atoms with Crippen LogP contribution in [0.5, 0.6) is 0 Å². The molecule has 1 aromatic heterocycles. The number of hydrogen-bond acceptors (Lipinski definition) is 4. The highest BCUT2D eigenvalue weighted by Crippen LogP contribution is 2.50. The van der Waals surface area contributed by atoms with Crippen molar-refractivity contribution in [1.29, 1.82) is 0 Å². The average molecular weight is 325 g/mol. The standard InChI is InChI=1S/C19H19NO2S/c1-11-6-9-17(23-11)18-14-5-3-4-13(14)15-10-12(19(21)22-2)7-8-16(15)20-18/h3-4,6-10,13-14,18,20H,5H2,1-2H3. The van der Waals surface area contributed by atoms with Crippen LogP contribution in [0.3, 0.4) is 0 Å². The van der Waals surface area contributed by atoms with Crippen LogP contribution in [0.1, 0.15) is 44.1 Å². The number of esters is 1. The number of allylic oxidation sites excluding steroid dienone is 2. The number of fused-ring (bicyclic) bond motifs is 3. The first-order valence-corrected chi connectivity index (χ1v) is 8.71. The summed E-state index contributed by atoms with van der Waals surface area (Å²) in [6.07, 6.45) is 5.63. The molecular formula is C19H19NO2S. The van der Waals surface area contributed by atoms with Gasteiger partial charge in [0.15, 0.2) is 0 Å². The van der Waals surface area contributed by atoms with Crippen molar-refractivity contribution in [2.75, 3.05) is 12.4 Å². The number of benzene rings is 1. The minimum Gasteiger partial charge on any atom is -0.465 e. The van der Waals surface area contributed by atoms with E-state index in [-0.39, 0.29) is 5.97 Å². The molecule has 118 valence electrons. The van der Waals surface area contributed by atoms with Crippen LogP contribution in [0, 0.1) is 12.8 Å². The van der Waals surface area contributed by atoms with E-state index in [1.54, 1.807) is 0 Å². The van der Waals surface area contributed by atoms with Crippen molar-refractivity contribution in [2.45, 2.75) is 25.3 Å². The van der Waals surface area contributed by atoms with Crippen LogP contribution >= 0.6 is 11.3 Å². The molecule has 0 fully saturated rings. The zero-order valence-corrected chi connectivity index (χ0v) is 14.0. The second-order valence-corrected chi connectivity index (χ2v) is 7.54. The number of methoxy groups -OCH3 is 1. The molecule has 0 saturated carbocycles. The maximum atomic E-state index is 11.8. The summed E-state index contributed by atoms with van der Waals surface area (Å²) in [6.45, 7) is 2.15. The van der Waals surface area contributed by atoms with E-state index in [2.05, 4.69) is 36.5 Å². The van der Waals surface area contributed by atoms with Crippen molar-refractivity contribution >= 4 is 23.0 Å². The molecule has 1 N–H and O–H groups in total. The summed E-state index contributed by atoms with van der Waals surface area (Å²) in [5, 5.41) is 3.70. The van der Waals surface area contributed by atoms with Gasteiger partial charge in [0.05, 0.1) is 18.7 Å². The first-order chi connectivity index (χ1) is 11.2. The van der Waals surface area contributed by atoms with Crippen LogP contribution in [0.2, 0.25) is 0 Å². The highest BCUT2D eigenvalue weighted by Gasteiger charge is 2.38. The quantitative estimate of drug-likeness (QED) is 0.644. The Hall–Kier alpha value is -2.07. The maximum Gasteiger partial charge on any atom is 0.337 e. The first-order valence-electron chi connectivity index (χ1n) is 7.89. The molecule has 3 nitrogen and oxygen atoms in total. The Bertz CT molecular complexity index is 792. The molecule has 23 heavy (non-hydrogen) atoms. The Balaban J connectivity index is 1.76. The van der Waals surface area contributed by atoms with Crippen LogP contribution in [-0.2, 0) is 4.74 Å². The number of carbonyl (C=O) groups is 1. The number of ether oxygens (including phenoxy) is 1. The fraction of sp³-hybridized carbons (Fsp3) is 0.316. The summed E-state index contributed by atoms with van der Waals surface area (Å²) in [7, 11) is 1.42. The Labute approximate surface area is 140 Å². The number of carbonyl (C=O) groups excluding carboxylic acids is 1. The fourth-order valence-corrected chi connectivity index (χ4v) is 4.75. The number of hydrogen-bond donors (Lipinski definition) is 1. The van der Waals surface area contributed by atoms with Gasteiger partial charge in [-0.05, 0) is 55.2 Å². The molecule has 0 bridgehead atoms. The van der Waals surface area contributed by atoms with Gasteiger partial charge in [0, 0.05) is 21.4 Å². The molecule has 2 heterocycles. The van der Waals surface area contributed by atoms with Crippen molar-refractivity contribution in [3.63, 3.8) is 0 Å². The lowest BCUT2D eigenvalue weighted by Gasteiger charge is -2.37. The third-order valence-corrected chi connectivity index (χ3v) is 5.94. The maximum absolute atomic E-state index is 11.8. The predicted molar refractivity (Wildman–Crippen MR) is 93.2 cm³/mol. The molecule has 2 aliphatic rings. The molecule has 1 aliphatic heterocycles. The Morgan fingerprint density at radius 1 is 1.30 bits per heavy atom. The molecule has 2 aromatic rings. The monoisotopic (exact) mass is 325 g/mol. The molecule has 1 aliphatic carbocycles. The molecule has 3 unspecified atom stereocenters. The van der Waals surface area contributed by atoms with Gasteiger partial charge >= 0.3 is 5.97 Å². The van der Waals surface area contributed by atoms with Crippen LogP contribution in [0.25, 0.3) is 0 Å². The Kier molecular flexibility index (Phi) is 3.49. The molecule has 1 aromatic carbocycles. The van der Waals surface area contributed by atoms with E-state index in [4.69, 9.17) is 4.74 Å². The van der Waals surface area contributed by atoms with E-state index in [1.807, 2.05) is 29.5 Å². The van der Waals surface area contributed by atoms with E-state index in [1.165, 1.54) is 22.4 Å². The topological polar surface area (TPSA) is 38.3 Å². The summed E-state index contributed by atoms with van der Waals surface area (Å²) in [6, 6.07) is 10.6. The summed E-state index contributed by atoms with van der Waals surface area (Å²) < 4.78 is 4.86. The molecule has 0 amide bonds. The minimum atomic E-state index is -0.276. The van der Waals surface area contributed by atoms with Crippen molar-refractivity contribution in [2.24, 2.45) is 5.92 Å². The predicted octanol–water partition coefficient (Wildman–Crippen LogP) is 4.67. The van der Waals surface area contributed by atoms with Crippen LogP contribution in [-0.4, -0.2) is 13.1 Å². The molecule has 4 heteroatoms. The van der Waals surface area contributed by atoms with Crippen LogP contribution in [0.4, 0.5) is 5.69 Å². The second-order valence-electron chi connectivity index (χ2n) is 6.22. The van der Waals surface area contributed by atoms with Gasteiger partial charge in [-0.15, -0.1) is 11.3 Å². The van der Waals surface area contributed by atoms with Gasteiger partial charge in [0.1, 0.15) is 0 Å².